The number of esters is 2. The van der Waals surface area contributed by atoms with E-state index < -0.39 is 11.9 Å². The van der Waals surface area contributed by atoms with Gasteiger partial charge in [0.05, 0.1) is 13.0 Å². The predicted octanol–water partition coefficient (Wildman–Crippen LogP) is 0.476. The number of hydrogen-bond donors (Lipinski definition) is 1. The number of rotatable bonds is 12. The molecule has 0 atom stereocenters. The zero-order valence-electron chi connectivity index (χ0n) is 14.2. The van der Waals surface area contributed by atoms with Gasteiger partial charge in [0.15, 0.2) is 0 Å². The van der Waals surface area contributed by atoms with E-state index in [4.69, 9.17) is 5.11 Å². The van der Waals surface area contributed by atoms with E-state index in [2.05, 4.69) is 11.7 Å². The van der Waals surface area contributed by atoms with Gasteiger partial charge in [-0.25, -0.2) is 0 Å². The van der Waals surface area contributed by atoms with Gasteiger partial charge in [-0.1, -0.05) is 58.3 Å². The second-order valence-electron chi connectivity index (χ2n) is 4.90. The molecule has 0 aliphatic carbocycles. The average Bonchev–Trinajstić information content (AvgIpc) is 2.37. The van der Waals surface area contributed by atoms with Gasteiger partial charge in [-0.3, -0.25) is 9.59 Å². The van der Waals surface area contributed by atoms with Crippen LogP contribution in [0.4, 0.5) is 0 Å². The Bertz CT molecular complexity index is 250. The van der Waals surface area contributed by atoms with Crippen molar-refractivity contribution >= 4 is 11.9 Å². The van der Waals surface area contributed by atoms with Gasteiger partial charge in [-0.2, -0.15) is 0 Å². The van der Waals surface area contributed by atoms with Gasteiger partial charge in [0, 0.05) is 6.42 Å². The topological polar surface area (TPSA) is 63.6 Å². The molecule has 20 heavy (non-hydrogen) atoms. The third kappa shape index (κ3) is 16.2. The molecule has 0 aliphatic heterocycles. The quantitative estimate of drug-likeness (QED) is 0.246. The molecule has 0 aromatic rings. The fourth-order valence-corrected chi connectivity index (χ4v) is 1.90. The molecule has 0 aromatic heterocycles. The largest absolute Gasteiger partial charge is 1.00 e. The number of hydrogen-bond acceptors (Lipinski definition) is 4. The van der Waals surface area contributed by atoms with Crippen LogP contribution in [0.3, 0.4) is 0 Å². The maximum absolute atomic E-state index is 11.2. The second kappa shape index (κ2) is 17.2. The minimum atomic E-state index is -0.636. The van der Waals surface area contributed by atoms with Crippen LogP contribution in [-0.4, -0.2) is 23.7 Å². The first-order chi connectivity index (χ1) is 9.20. The number of carbonyl (C=O) groups is 2. The number of unbranched alkanes of at least 4 members (excludes halogenated alkanes) is 8. The smallest absolute Gasteiger partial charge is 1.00 e. The predicted molar refractivity (Wildman–Crippen MR) is 75.8 cm³/mol. The Labute approximate surface area is 146 Å². The number of aliphatic hydroxyl groups excluding tert-OH is 1. The van der Waals surface area contributed by atoms with E-state index >= 15 is 0 Å². The van der Waals surface area contributed by atoms with E-state index in [9.17, 15) is 9.59 Å². The number of carbonyl (C=O) groups excluding carboxylic acids is 2. The van der Waals surface area contributed by atoms with Crippen molar-refractivity contribution in [3.05, 3.63) is 0 Å². The van der Waals surface area contributed by atoms with E-state index in [0.717, 1.165) is 19.3 Å². The third-order valence-corrected chi connectivity index (χ3v) is 3.03. The molecule has 0 fully saturated rings. The zero-order chi connectivity index (χ0) is 14.3. The average molecular weight is 296 g/mol. The van der Waals surface area contributed by atoms with Gasteiger partial charge in [0.25, 0.3) is 0 Å². The third-order valence-electron chi connectivity index (χ3n) is 3.03. The Morgan fingerprint density at radius 2 is 1.30 bits per heavy atom. The van der Waals surface area contributed by atoms with Crippen LogP contribution >= 0.6 is 0 Å². The van der Waals surface area contributed by atoms with Gasteiger partial charge in [-0.15, -0.1) is 0 Å². The summed E-state index contributed by atoms with van der Waals surface area (Å²) in [7, 11) is 0. The molecule has 0 saturated heterocycles. The minimum Gasteiger partial charge on any atom is -1.00 e. The Morgan fingerprint density at radius 3 is 1.80 bits per heavy atom. The van der Waals surface area contributed by atoms with E-state index in [-0.39, 0.29) is 44.0 Å². The van der Waals surface area contributed by atoms with Crippen LogP contribution in [0.25, 0.3) is 0 Å². The van der Waals surface area contributed by atoms with Crippen LogP contribution < -0.4 is 29.6 Å². The fraction of sp³-hybridized carbons (Fsp3) is 0.867. The Balaban J connectivity index is -0.00000162. The van der Waals surface area contributed by atoms with Crippen molar-refractivity contribution in [2.75, 3.05) is 6.61 Å². The molecule has 0 spiro atoms. The summed E-state index contributed by atoms with van der Waals surface area (Å²) >= 11 is 0. The summed E-state index contributed by atoms with van der Waals surface area (Å²) in [5, 5.41) is 8.49. The summed E-state index contributed by atoms with van der Waals surface area (Å²) in [5.41, 5.74) is 0. The molecule has 0 aliphatic rings. The van der Waals surface area contributed by atoms with Gasteiger partial charge < -0.3 is 11.3 Å². The summed E-state index contributed by atoms with van der Waals surface area (Å²) in [6.07, 6.45) is 10.9. The van der Waals surface area contributed by atoms with E-state index in [1.807, 2.05) is 0 Å². The molecule has 114 valence electrons. The summed E-state index contributed by atoms with van der Waals surface area (Å²) in [5.74, 6) is -1.11. The Morgan fingerprint density at radius 1 is 0.850 bits per heavy atom. The van der Waals surface area contributed by atoms with E-state index in [1.165, 1.54) is 38.5 Å². The van der Waals surface area contributed by atoms with Crippen LogP contribution in [0.5, 0.6) is 0 Å². The van der Waals surface area contributed by atoms with E-state index in [0.29, 0.717) is 6.42 Å². The van der Waals surface area contributed by atoms with Gasteiger partial charge >= 0.3 is 41.5 Å². The summed E-state index contributed by atoms with van der Waals surface area (Å²) in [6, 6.07) is 0. The van der Waals surface area contributed by atoms with Crippen LogP contribution in [0, 0.1) is 0 Å². The van der Waals surface area contributed by atoms with Crippen molar-refractivity contribution in [1.82, 2.24) is 0 Å². The van der Waals surface area contributed by atoms with Crippen molar-refractivity contribution in [3.63, 3.8) is 0 Å². The summed E-state index contributed by atoms with van der Waals surface area (Å²) < 4.78 is 4.52. The zero-order valence-corrected chi connectivity index (χ0v) is 15.2. The number of ether oxygens (including phenoxy) is 1. The van der Waals surface area contributed by atoms with Crippen LogP contribution in [0.1, 0.15) is 79.0 Å². The monoisotopic (exact) mass is 296 g/mol. The standard InChI is InChI=1S/C15H28O4.Na.H/c1-2-3-4-5-6-7-8-9-10-11-14(17)19-15(18)12-13-16;;/h16H,2-13H2,1H3;;/q;+1;-1. The van der Waals surface area contributed by atoms with Crippen molar-refractivity contribution in [3.8, 4) is 0 Å². The molecule has 5 heteroatoms. The summed E-state index contributed by atoms with van der Waals surface area (Å²) in [6.45, 7) is 1.94. The van der Waals surface area contributed by atoms with Crippen molar-refractivity contribution in [2.24, 2.45) is 0 Å². The van der Waals surface area contributed by atoms with Crippen LogP contribution in [0.15, 0.2) is 0 Å². The molecule has 0 radical (unpaired) electrons. The molecule has 0 unspecified atom stereocenters. The summed E-state index contributed by atoms with van der Waals surface area (Å²) in [4.78, 5) is 22.1. The molecular formula is C15H29NaO4. The molecule has 0 amide bonds. The molecule has 0 heterocycles. The SMILES string of the molecule is CCCCCCCCCCCC(=O)OC(=O)CCO.[H-].[Na+]. The second-order valence-corrected chi connectivity index (χ2v) is 4.90. The first-order valence-electron chi connectivity index (χ1n) is 7.55. The molecule has 0 aromatic carbocycles. The van der Waals surface area contributed by atoms with Crippen LogP contribution in [-0.2, 0) is 14.3 Å². The molecular weight excluding hydrogens is 267 g/mol. The first kappa shape index (κ1) is 22.4. The van der Waals surface area contributed by atoms with Crippen molar-refractivity contribution in [2.45, 2.75) is 77.6 Å². The first-order valence-corrected chi connectivity index (χ1v) is 7.55. The Kier molecular flexibility index (Phi) is 19.2. The molecule has 0 saturated carbocycles. The molecule has 4 nitrogen and oxygen atoms in total. The molecule has 1 N–H and O–H groups in total. The molecule has 0 rings (SSSR count). The maximum atomic E-state index is 11.2. The van der Waals surface area contributed by atoms with Gasteiger partial charge in [0.1, 0.15) is 0 Å². The van der Waals surface area contributed by atoms with Crippen LogP contribution in [0.2, 0.25) is 0 Å². The Hall–Kier alpha value is 0.1000. The maximum Gasteiger partial charge on any atom is 1.00 e. The molecule has 0 bridgehead atoms. The minimum absolute atomic E-state index is 0. The van der Waals surface area contributed by atoms with E-state index in [1.54, 1.807) is 0 Å². The van der Waals surface area contributed by atoms with Crippen molar-refractivity contribution < 1.29 is 50.4 Å². The van der Waals surface area contributed by atoms with Crippen molar-refractivity contribution in [1.29, 1.82) is 0 Å². The number of aliphatic hydroxyl groups is 1. The fourth-order valence-electron chi connectivity index (χ4n) is 1.90. The van der Waals surface area contributed by atoms with Gasteiger partial charge in [0.2, 0.25) is 0 Å². The van der Waals surface area contributed by atoms with Gasteiger partial charge in [-0.05, 0) is 6.42 Å². The normalized spacial score (nSPS) is 9.90.